The van der Waals surface area contributed by atoms with E-state index in [9.17, 15) is 18.0 Å². The van der Waals surface area contributed by atoms with Gasteiger partial charge in [-0.3, -0.25) is 9.59 Å². The highest BCUT2D eigenvalue weighted by Crippen LogP contribution is 2.19. The summed E-state index contributed by atoms with van der Waals surface area (Å²) in [5.41, 5.74) is 1.77. The molecule has 0 aliphatic heterocycles. The molecule has 0 aliphatic rings. The molecular formula is C20H19N3O4S. The zero-order chi connectivity index (χ0) is 20.3. The van der Waals surface area contributed by atoms with Gasteiger partial charge in [-0.1, -0.05) is 24.3 Å². The van der Waals surface area contributed by atoms with Gasteiger partial charge in [0.2, 0.25) is 15.7 Å². The smallest absolute Gasteiger partial charge is 0.267 e. The number of hydrogen-bond acceptors (Lipinski definition) is 5. The van der Waals surface area contributed by atoms with Gasteiger partial charge in [0.25, 0.3) is 5.56 Å². The number of benzene rings is 2. The zero-order valence-corrected chi connectivity index (χ0v) is 16.2. The maximum absolute atomic E-state index is 12.8. The molecule has 1 amide bonds. The van der Waals surface area contributed by atoms with Gasteiger partial charge in [0.15, 0.2) is 5.03 Å². The predicted octanol–water partition coefficient (Wildman–Crippen LogP) is 2.33. The van der Waals surface area contributed by atoms with E-state index in [1.54, 1.807) is 37.3 Å². The fourth-order valence-electron chi connectivity index (χ4n) is 2.65. The van der Waals surface area contributed by atoms with E-state index in [2.05, 4.69) is 10.4 Å². The number of carbonyl (C=O) groups excluding carboxylic acids is 1. The molecule has 0 radical (unpaired) electrons. The molecule has 3 aromatic rings. The van der Waals surface area contributed by atoms with Crippen LogP contribution in [-0.2, 0) is 21.2 Å². The highest BCUT2D eigenvalue weighted by atomic mass is 32.2. The van der Waals surface area contributed by atoms with Crippen LogP contribution in [0.25, 0.3) is 0 Å². The van der Waals surface area contributed by atoms with Crippen LogP contribution in [0.15, 0.2) is 75.4 Å². The number of sulfone groups is 1. The summed E-state index contributed by atoms with van der Waals surface area (Å²) in [7, 11) is -3.90. The number of nitrogens with zero attached hydrogens (tertiary/aromatic N) is 2. The van der Waals surface area contributed by atoms with Crippen molar-refractivity contribution in [2.24, 2.45) is 0 Å². The molecule has 8 heteroatoms. The molecule has 0 saturated heterocycles. The van der Waals surface area contributed by atoms with E-state index in [1.807, 2.05) is 13.0 Å². The van der Waals surface area contributed by atoms with Gasteiger partial charge >= 0.3 is 0 Å². The van der Waals surface area contributed by atoms with Crippen molar-refractivity contribution in [3.05, 3.63) is 82.1 Å². The van der Waals surface area contributed by atoms with E-state index in [0.717, 1.165) is 27.9 Å². The lowest BCUT2D eigenvalue weighted by molar-refractivity contribution is -0.117. The molecule has 1 aromatic heterocycles. The van der Waals surface area contributed by atoms with Gasteiger partial charge in [-0.25, -0.2) is 13.1 Å². The van der Waals surface area contributed by atoms with E-state index in [1.165, 1.54) is 12.1 Å². The van der Waals surface area contributed by atoms with Gasteiger partial charge in [-0.2, -0.15) is 5.10 Å². The van der Waals surface area contributed by atoms with E-state index in [4.69, 9.17) is 0 Å². The van der Waals surface area contributed by atoms with Gasteiger partial charge in [0.05, 0.1) is 4.90 Å². The minimum atomic E-state index is -3.90. The zero-order valence-electron chi connectivity index (χ0n) is 15.4. The first-order valence-corrected chi connectivity index (χ1v) is 10.0. The number of rotatable bonds is 5. The minimum Gasteiger partial charge on any atom is -0.324 e. The van der Waals surface area contributed by atoms with Gasteiger partial charge < -0.3 is 5.32 Å². The number of aryl methyl sites for hydroxylation is 2. The van der Waals surface area contributed by atoms with E-state index in [-0.39, 0.29) is 9.92 Å². The molecule has 0 aliphatic carbocycles. The van der Waals surface area contributed by atoms with Gasteiger partial charge in [0.1, 0.15) is 6.54 Å². The van der Waals surface area contributed by atoms with E-state index >= 15 is 0 Å². The fraction of sp³-hybridized carbons (Fsp3) is 0.150. The number of aromatic nitrogens is 2. The molecule has 144 valence electrons. The van der Waals surface area contributed by atoms with Gasteiger partial charge in [-0.15, -0.1) is 0 Å². The summed E-state index contributed by atoms with van der Waals surface area (Å²) in [6, 6.07) is 15.8. The highest BCUT2D eigenvalue weighted by Gasteiger charge is 2.21. The number of hydrogen-bond donors (Lipinski definition) is 1. The van der Waals surface area contributed by atoms with Crippen molar-refractivity contribution in [1.29, 1.82) is 0 Å². The summed E-state index contributed by atoms with van der Waals surface area (Å²) in [5, 5.41) is 6.28. The molecule has 28 heavy (non-hydrogen) atoms. The summed E-state index contributed by atoms with van der Waals surface area (Å²) in [5.74, 6) is -0.481. The second-order valence-electron chi connectivity index (χ2n) is 6.41. The van der Waals surface area contributed by atoms with Gasteiger partial charge in [-0.05, 0) is 55.3 Å². The maximum Gasteiger partial charge on any atom is 0.267 e. The number of anilines is 1. The lowest BCUT2D eigenvalue weighted by atomic mass is 10.2. The summed E-state index contributed by atoms with van der Waals surface area (Å²) in [4.78, 5) is 24.4. The van der Waals surface area contributed by atoms with Crippen LogP contribution in [0.1, 0.15) is 11.1 Å². The van der Waals surface area contributed by atoms with Crippen LogP contribution < -0.4 is 10.9 Å². The molecule has 1 heterocycles. The Bertz CT molecular complexity index is 1200. The number of amides is 1. The average Bonchev–Trinajstić information content (AvgIpc) is 2.63. The summed E-state index contributed by atoms with van der Waals surface area (Å²) in [6.45, 7) is 3.27. The van der Waals surface area contributed by atoms with Crippen LogP contribution in [0.5, 0.6) is 0 Å². The largest absolute Gasteiger partial charge is 0.324 e. The maximum atomic E-state index is 12.8. The topological polar surface area (TPSA) is 98.1 Å². The van der Waals surface area contributed by atoms with Crippen molar-refractivity contribution < 1.29 is 13.2 Å². The molecule has 0 saturated carbocycles. The Labute approximate surface area is 162 Å². The Morgan fingerprint density at radius 1 is 1.00 bits per heavy atom. The van der Waals surface area contributed by atoms with Crippen molar-refractivity contribution >= 4 is 21.4 Å². The summed E-state index contributed by atoms with van der Waals surface area (Å²) < 4.78 is 26.4. The Morgan fingerprint density at radius 2 is 1.68 bits per heavy atom. The molecule has 7 nitrogen and oxygen atoms in total. The van der Waals surface area contributed by atoms with Crippen molar-refractivity contribution in [1.82, 2.24) is 9.78 Å². The lowest BCUT2D eigenvalue weighted by Gasteiger charge is -2.09. The molecule has 0 unspecified atom stereocenters. The van der Waals surface area contributed by atoms with Crippen LogP contribution >= 0.6 is 0 Å². The molecule has 0 fully saturated rings. The Kier molecular flexibility index (Phi) is 5.41. The fourth-order valence-corrected chi connectivity index (χ4v) is 3.94. The molecule has 2 aromatic carbocycles. The highest BCUT2D eigenvalue weighted by molar-refractivity contribution is 7.91. The third kappa shape index (κ3) is 4.34. The van der Waals surface area contributed by atoms with Crippen molar-refractivity contribution in [2.75, 3.05) is 5.32 Å². The standard InChI is InChI=1S/C20H19N3O4S/c1-14-5-3-7-16(11-14)21-18(24)13-23-20(25)10-9-19(22-23)28(26,27)17-8-4-6-15(2)12-17/h3-12H,13H2,1-2H3,(H,21,24). The van der Waals surface area contributed by atoms with E-state index in [0.29, 0.717) is 5.69 Å². The Balaban J connectivity index is 1.87. The second kappa shape index (κ2) is 7.77. The SMILES string of the molecule is Cc1cccc(NC(=O)Cn2nc(S(=O)(=O)c3cccc(C)c3)ccc2=O)c1. The molecule has 3 rings (SSSR count). The molecule has 0 atom stereocenters. The van der Waals surface area contributed by atoms with Crippen LogP contribution in [0.2, 0.25) is 0 Å². The molecule has 0 spiro atoms. The summed E-state index contributed by atoms with van der Waals surface area (Å²) in [6.07, 6.45) is 0. The summed E-state index contributed by atoms with van der Waals surface area (Å²) >= 11 is 0. The first-order chi connectivity index (χ1) is 13.3. The van der Waals surface area contributed by atoms with Crippen LogP contribution in [0, 0.1) is 13.8 Å². The van der Waals surface area contributed by atoms with Crippen LogP contribution in [0.3, 0.4) is 0 Å². The van der Waals surface area contributed by atoms with E-state index < -0.39 is 27.8 Å². The first kappa shape index (κ1) is 19.5. The van der Waals surface area contributed by atoms with Crippen molar-refractivity contribution in [3.63, 3.8) is 0 Å². The average molecular weight is 397 g/mol. The van der Waals surface area contributed by atoms with Crippen molar-refractivity contribution in [3.8, 4) is 0 Å². The lowest BCUT2D eigenvalue weighted by Crippen LogP contribution is -2.30. The molecule has 0 bridgehead atoms. The van der Waals surface area contributed by atoms with Crippen LogP contribution in [-0.4, -0.2) is 24.1 Å². The third-order valence-electron chi connectivity index (χ3n) is 4.01. The molecular weight excluding hydrogens is 378 g/mol. The molecule has 1 N–H and O–H groups in total. The number of nitrogens with one attached hydrogen (secondary N) is 1. The van der Waals surface area contributed by atoms with Crippen LogP contribution in [0.4, 0.5) is 5.69 Å². The quantitative estimate of drug-likeness (QED) is 0.713. The second-order valence-corrected chi connectivity index (χ2v) is 8.30. The predicted molar refractivity (Wildman–Crippen MR) is 105 cm³/mol. The Hall–Kier alpha value is -3.26. The normalized spacial score (nSPS) is 11.2. The first-order valence-electron chi connectivity index (χ1n) is 8.52. The number of carbonyl (C=O) groups is 1. The minimum absolute atomic E-state index is 0.0782. The Morgan fingerprint density at radius 3 is 2.36 bits per heavy atom. The van der Waals surface area contributed by atoms with Gasteiger partial charge in [0, 0.05) is 11.8 Å². The third-order valence-corrected chi connectivity index (χ3v) is 5.66. The van der Waals surface area contributed by atoms with Crippen molar-refractivity contribution in [2.45, 2.75) is 30.3 Å². The monoisotopic (exact) mass is 397 g/mol.